The van der Waals surface area contributed by atoms with Gasteiger partial charge in [0.25, 0.3) is 0 Å². The van der Waals surface area contributed by atoms with Gasteiger partial charge in [-0.3, -0.25) is 0 Å². The molecule has 2 N–H and O–H groups in total. The van der Waals surface area contributed by atoms with Gasteiger partial charge >= 0.3 is 69.4 Å². The molecule has 0 bridgehead atoms. The molecule has 0 aromatic heterocycles. The van der Waals surface area contributed by atoms with E-state index < -0.39 is 27.6 Å². The van der Waals surface area contributed by atoms with E-state index in [0.717, 1.165) is 0 Å². The molecule has 0 aromatic carbocycles. The zero-order valence-corrected chi connectivity index (χ0v) is 7.32. The van der Waals surface area contributed by atoms with E-state index in [9.17, 15) is 9.59 Å². The Morgan fingerprint density at radius 3 is 2.91 bits per heavy atom. The first-order valence-corrected chi connectivity index (χ1v) is 4.43. The summed E-state index contributed by atoms with van der Waals surface area (Å²) in [4.78, 5) is 21.4. The molecule has 11 heavy (non-hydrogen) atoms. The molecule has 0 saturated carbocycles. The third-order valence-corrected chi connectivity index (χ3v) is 2.23. The quantitative estimate of drug-likeness (QED) is 0.519. The summed E-state index contributed by atoms with van der Waals surface area (Å²) in [7, 11) is 0. The summed E-state index contributed by atoms with van der Waals surface area (Å²) in [5.41, 5.74) is 5.34. The first-order valence-electron chi connectivity index (χ1n) is 3.03. The number of rotatable bonds is 0. The monoisotopic (exact) mass is 225 g/mol. The molecule has 1 heterocycles. The second-order valence-corrected chi connectivity index (χ2v) is 3.06. The van der Waals surface area contributed by atoms with Gasteiger partial charge in [0.05, 0.1) is 0 Å². The van der Waals surface area contributed by atoms with Crippen molar-refractivity contribution in [2.45, 2.75) is 18.9 Å². The third-order valence-electron chi connectivity index (χ3n) is 1.21. The average molecular weight is 224 g/mol. The predicted molar refractivity (Wildman–Crippen MR) is 35.1 cm³/mol. The van der Waals surface area contributed by atoms with Crippen LogP contribution < -0.4 is 5.73 Å². The fourth-order valence-electron chi connectivity index (χ4n) is 0.583. The number of carbonyl (C=O) groups is 2. The van der Waals surface area contributed by atoms with Crippen molar-refractivity contribution in [2.24, 2.45) is 5.73 Å². The Labute approximate surface area is 70.0 Å². The summed E-state index contributed by atoms with van der Waals surface area (Å²) in [5, 5.41) is 0. The Morgan fingerprint density at radius 1 is 1.45 bits per heavy atom. The molecule has 1 atom stereocenters. The van der Waals surface area contributed by atoms with Gasteiger partial charge < -0.3 is 0 Å². The van der Waals surface area contributed by atoms with Gasteiger partial charge in [0.1, 0.15) is 0 Å². The molecule has 1 aliphatic heterocycles. The zero-order valence-electron chi connectivity index (χ0n) is 5.61. The van der Waals surface area contributed by atoms with E-state index >= 15 is 0 Å². The topological polar surface area (TPSA) is 78.6 Å². The van der Waals surface area contributed by atoms with Crippen LogP contribution in [-0.4, -0.2) is 33.6 Å². The summed E-state index contributed by atoms with van der Waals surface area (Å²) < 4.78 is 9.05. The van der Waals surface area contributed by atoms with Crippen LogP contribution in [0.4, 0.5) is 0 Å². The van der Waals surface area contributed by atoms with E-state index in [2.05, 4.69) is 7.64 Å². The van der Waals surface area contributed by atoms with E-state index in [1.54, 1.807) is 0 Å². The molecule has 0 amide bonds. The van der Waals surface area contributed by atoms with Gasteiger partial charge in [-0.1, -0.05) is 0 Å². The van der Waals surface area contributed by atoms with E-state index in [1.807, 2.05) is 0 Å². The molecule has 1 aliphatic rings. The van der Waals surface area contributed by atoms with Crippen molar-refractivity contribution in [3.8, 4) is 0 Å². The van der Waals surface area contributed by atoms with Crippen molar-refractivity contribution in [2.75, 3.05) is 0 Å². The summed E-state index contributed by atoms with van der Waals surface area (Å²) in [6.45, 7) is 0. The molecule has 62 valence electrons. The minimum absolute atomic E-state index is 0.192. The fourth-order valence-corrected chi connectivity index (χ4v) is 1.39. The number of nitrogens with two attached hydrogens (primary N) is 1. The molecule has 0 radical (unpaired) electrons. The van der Waals surface area contributed by atoms with Crippen LogP contribution in [-0.2, 0) is 17.2 Å². The maximum absolute atomic E-state index is 10.8. The molecule has 1 saturated heterocycles. The fraction of sp³-hybridized carbons (Fsp3) is 0.600. The van der Waals surface area contributed by atoms with E-state index in [0.29, 0.717) is 6.42 Å². The minimum atomic E-state index is -0.827. The van der Waals surface area contributed by atoms with Crippen molar-refractivity contribution < 1.29 is 17.2 Å². The predicted octanol–water partition coefficient (Wildman–Crippen LogP) is -1.27. The van der Waals surface area contributed by atoms with Crippen LogP contribution in [0.3, 0.4) is 0 Å². The SMILES string of the molecule is N[C@H]1CCC(=O)O[Se]OC1=O. The Kier molecular flexibility index (Phi) is 2.87. The standard InChI is InChI=1S/C5H7NO4Se/c6-3-1-2-4(7)9-11-10-5(3)8/h3H,1-2,6H2/t3-/m0/s1. The van der Waals surface area contributed by atoms with Crippen LogP contribution in [0, 0.1) is 0 Å². The summed E-state index contributed by atoms with van der Waals surface area (Å²) >= 11 is -0.827. The van der Waals surface area contributed by atoms with Crippen LogP contribution in [0.25, 0.3) is 0 Å². The average Bonchev–Trinajstić information content (AvgIpc) is 1.98. The van der Waals surface area contributed by atoms with Gasteiger partial charge in [-0.25, -0.2) is 0 Å². The van der Waals surface area contributed by atoms with Crippen LogP contribution in [0.15, 0.2) is 0 Å². The molecule has 0 aliphatic carbocycles. The normalized spacial score (nSPS) is 26.5. The molecule has 5 nitrogen and oxygen atoms in total. The second-order valence-electron chi connectivity index (χ2n) is 2.07. The van der Waals surface area contributed by atoms with Crippen LogP contribution >= 0.6 is 0 Å². The van der Waals surface area contributed by atoms with Crippen molar-refractivity contribution >= 4 is 27.6 Å². The number of carbonyl (C=O) groups excluding carboxylic acids is 2. The molecule has 1 rings (SSSR count). The van der Waals surface area contributed by atoms with Crippen molar-refractivity contribution in [1.29, 1.82) is 0 Å². The molecule has 1 fully saturated rings. The number of hydrogen-bond donors (Lipinski definition) is 1. The maximum atomic E-state index is 10.8. The molecule has 0 unspecified atom stereocenters. The van der Waals surface area contributed by atoms with E-state index in [1.165, 1.54) is 0 Å². The molecule has 6 heteroatoms. The van der Waals surface area contributed by atoms with Gasteiger partial charge in [-0.2, -0.15) is 0 Å². The van der Waals surface area contributed by atoms with Crippen molar-refractivity contribution in [3.63, 3.8) is 0 Å². The van der Waals surface area contributed by atoms with Crippen molar-refractivity contribution in [3.05, 3.63) is 0 Å². The van der Waals surface area contributed by atoms with Gasteiger partial charge in [-0.15, -0.1) is 0 Å². The van der Waals surface area contributed by atoms with Crippen molar-refractivity contribution in [1.82, 2.24) is 0 Å². The van der Waals surface area contributed by atoms with Gasteiger partial charge in [-0.05, 0) is 0 Å². The molecular formula is C5H7NO4Se. The number of hydrogen-bond acceptors (Lipinski definition) is 5. The summed E-state index contributed by atoms with van der Waals surface area (Å²) in [6, 6.07) is -0.676. The van der Waals surface area contributed by atoms with Gasteiger partial charge in [0.2, 0.25) is 0 Å². The molecule has 0 aromatic rings. The van der Waals surface area contributed by atoms with Gasteiger partial charge in [0, 0.05) is 0 Å². The first kappa shape index (κ1) is 8.52. The van der Waals surface area contributed by atoms with E-state index in [-0.39, 0.29) is 12.4 Å². The summed E-state index contributed by atoms with van der Waals surface area (Å²) in [5.74, 6) is -0.842. The van der Waals surface area contributed by atoms with Crippen LogP contribution in [0.5, 0.6) is 0 Å². The Balaban J connectivity index is 2.47. The second kappa shape index (κ2) is 3.71. The Morgan fingerprint density at radius 2 is 2.18 bits per heavy atom. The summed E-state index contributed by atoms with van der Waals surface area (Å²) in [6.07, 6.45) is 0.492. The Bertz CT molecular complexity index is 183. The molecule has 0 spiro atoms. The van der Waals surface area contributed by atoms with Crippen LogP contribution in [0.2, 0.25) is 0 Å². The van der Waals surface area contributed by atoms with Gasteiger partial charge in [0.15, 0.2) is 0 Å². The third kappa shape index (κ3) is 2.49. The molecular weight excluding hydrogens is 217 g/mol. The first-order chi connectivity index (χ1) is 5.20. The van der Waals surface area contributed by atoms with Crippen LogP contribution in [0.1, 0.15) is 12.8 Å². The zero-order chi connectivity index (χ0) is 8.27. The van der Waals surface area contributed by atoms with E-state index in [4.69, 9.17) is 5.73 Å². The Hall–Kier alpha value is -0.581.